The van der Waals surface area contributed by atoms with Crippen LogP contribution in [0.15, 0.2) is 18.2 Å². The molecule has 1 aliphatic rings. The number of likely N-dealkylation sites (N-methyl/N-ethyl adjacent to an activating group) is 1. The maximum atomic E-state index is 14.1. The van der Waals surface area contributed by atoms with Gasteiger partial charge in [0.1, 0.15) is 5.82 Å². The van der Waals surface area contributed by atoms with Crippen molar-refractivity contribution in [2.45, 2.75) is 45.2 Å². The number of nitrogens with zero attached hydrogens (tertiary/aromatic N) is 1. The lowest BCUT2D eigenvalue weighted by molar-refractivity contribution is -0.133. The average molecular weight is 264 g/mol. The molecule has 0 radical (unpaired) electrons. The molecule has 2 atom stereocenters. The number of likely N-dealkylation sites (tertiary alicyclic amines) is 1. The van der Waals surface area contributed by atoms with Crippen molar-refractivity contribution in [1.82, 2.24) is 4.90 Å². The van der Waals surface area contributed by atoms with Gasteiger partial charge in [-0.05, 0) is 32.8 Å². The standard InChI is InChI=1S/C15H21FN2O/c1-3-18-14(19)6-4-5-13(17)15(18)11-9-10(2)7-8-12(11)16/h7-9,13,15H,3-6,17H2,1-2H3. The number of hydrogen-bond donors (Lipinski definition) is 1. The van der Waals surface area contributed by atoms with Crippen LogP contribution in [0.2, 0.25) is 0 Å². The zero-order valence-corrected chi connectivity index (χ0v) is 11.5. The van der Waals surface area contributed by atoms with Gasteiger partial charge in [0.25, 0.3) is 0 Å². The van der Waals surface area contributed by atoms with Crippen molar-refractivity contribution >= 4 is 5.91 Å². The molecule has 1 aliphatic heterocycles. The van der Waals surface area contributed by atoms with Crippen LogP contribution in [0.3, 0.4) is 0 Å². The van der Waals surface area contributed by atoms with Crippen LogP contribution in [0.5, 0.6) is 0 Å². The third-order valence-electron chi connectivity index (χ3n) is 3.80. The number of carbonyl (C=O) groups excluding carboxylic acids is 1. The maximum Gasteiger partial charge on any atom is 0.223 e. The molecule has 0 aromatic heterocycles. The maximum absolute atomic E-state index is 14.1. The minimum absolute atomic E-state index is 0.0707. The molecule has 1 aromatic rings. The van der Waals surface area contributed by atoms with Gasteiger partial charge in [-0.15, -0.1) is 0 Å². The van der Waals surface area contributed by atoms with Crippen LogP contribution in [-0.4, -0.2) is 23.4 Å². The summed E-state index contributed by atoms with van der Waals surface area (Å²) in [5, 5.41) is 0. The predicted octanol–water partition coefficient (Wildman–Crippen LogP) is 2.53. The monoisotopic (exact) mass is 264 g/mol. The number of halogens is 1. The molecule has 3 nitrogen and oxygen atoms in total. The number of aryl methyl sites for hydroxylation is 1. The van der Waals surface area contributed by atoms with Crippen LogP contribution >= 0.6 is 0 Å². The minimum Gasteiger partial charge on any atom is -0.334 e. The van der Waals surface area contributed by atoms with E-state index in [-0.39, 0.29) is 23.8 Å². The largest absolute Gasteiger partial charge is 0.334 e. The number of nitrogens with two attached hydrogens (primary N) is 1. The zero-order chi connectivity index (χ0) is 14.0. The van der Waals surface area contributed by atoms with E-state index in [0.29, 0.717) is 18.5 Å². The van der Waals surface area contributed by atoms with E-state index in [1.54, 1.807) is 17.0 Å². The van der Waals surface area contributed by atoms with Crippen LogP contribution in [0, 0.1) is 12.7 Å². The highest BCUT2D eigenvalue weighted by Gasteiger charge is 2.33. The molecular weight excluding hydrogens is 243 g/mol. The molecular formula is C15H21FN2O. The van der Waals surface area contributed by atoms with Gasteiger partial charge < -0.3 is 10.6 Å². The molecule has 0 aliphatic carbocycles. The van der Waals surface area contributed by atoms with Crippen LogP contribution in [-0.2, 0) is 4.79 Å². The third-order valence-corrected chi connectivity index (χ3v) is 3.80. The van der Waals surface area contributed by atoms with Gasteiger partial charge in [0, 0.05) is 24.6 Å². The Balaban J connectivity index is 2.47. The number of amides is 1. The van der Waals surface area contributed by atoms with E-state index >= 15 is 0 Å². The molecule has 1 aromatic carbocycles. The Hall–Kier alpha value is -1.42. The quantitative estimate of drug-likeness (QED) is 0.892. The Morgan fingerprint density at radius 3 is 2.89 bits per heavy atom. The summed E-state index contributed by atoms with van der Waals surface area (Å²) in [7, 11) is 0. The SMILES string of the molecule is CCN1C(=O)CCCC(N)C1c1cc(C)ccc1F. The predicted molar refractivity (Wildman–Crippen MR) is 73.1 cm³/mol. The summed E-state index contributed by atoms with van der Waals surface area (Å²) in [6, 6.07) is 4.45. The zero-order valence-electron chi connectivity index (χ0n) is 11.5. The summed E-state index contributed by atoms with van der Waals surface area (Å²) < 4.78 is 14.1. The van der Waals surface area contributed by atoms with Gasteiger partial charge in [-0.2, -0.15) is 0 Å². The van der Waals surface area contributed by atoms with Crippen molar-refractivity contribution in [3.63, 3.8) is 0 Å². The number of rotatable bonds is 2. The normalized spacial score (nSPS) is 24.4. The number of hydrogen-bond acceptors (Lipinski definition) is 2. The van der Waals surface area contributed by atoms with Gasteiger partial charge >= 0.3 is 0 Å². The highest BCUT2D eigenvalue weighted by molar-refractivity contribution is 5.77. The molecule has 2 unspecified atom stereocenters. The van der Waals surface area contributed by atoms with E-state index in [2.05, 4.69) is 0 Å². The van der Waals surface area contributed by atoms with E-state index in [1.165, 1.54) is 6.07 Å². The van der Waals surface area contributed by atoms with Crippen molar-refractivity contribution < 1.29 is 9.18 Å². The molecule has 1 heterocycles. The Morgan fingerprint density at radius 2 is 2.21 bits per heavy atom. The fourth-order valence-corrected chi connectivity index (χ4v) is 2.84. The third kappa shape index (κ3) is 2.78. The van der Waals surface area contributed by atoms with E-state index in [4.69, 9.17) is 5.73 Å². The van der Waals surface area contributed by atoms with E-state index in [9.17, 15) is 9.18 Å². The summed E-state index contributed by atoms with van der Waals surface area (Å²) in [6.07, 6.45) is 2.03. The van der Waals surface area contributed by atoms with Gasteiger partial charge in [-0.1, -0.05) is 17.7 Å². The average Bonchev–Trinajstić information content (AvgIpc) is 2.51. The molecule has 1 saturated heterocycles. The van der Waals surface area contributed by atoms with Crippen LogP contribution in [0.4, 0.5) is 4.39 Å². The molecule has 0 saturated carbocycles. The summed E-state index contributed by atoms with van der Waals surface area (Å²) in [5.41, 5.74) is 7.73. The molecule has 2 N–H and O–H groups in total. The Morgan fingerprint density at radius 1 is 1.47 bits per heavy atom. The summed E-state index contributed by atoms with van der Waals surface area (Å²) in [4.78, 5) is 13.8. The van der Waals surface area contributed by atoms with Crippen molar-refractivity contribution in [3.05, 3.63) is 35.1 Å². The lowest BCUT2D eigenvalue weighted by Gasteiger charge is -2.33. The van der Waals surface area contributed by atoms with Crippen LogP contribution in [0.25, 0.3) is 0 Å². The first kappa shape index (κ1) is 14.0. The van der Waals surface area contributed by atoms with E-state index in [0.717, 1.165) is 18.4 Å². The summed E-state index contributed by atoms with van der Waals surface area (Å²) in [5.74, 6) is -0.208. The second kappa shape index (κ2) is 5.70. The minimum atomic E-state index is -0.347. The lowest BCUT2D eigenvalue weighted by atomic mass is 9.94. The molecule has 104 valence electrons. The fraction of sp³-hybridized carbons (Fsp3) is 0.533. The van der Waals surface area contributed by atoms with E-state index in [1.807, 2.05) is 13.8 Å². The molecule has 1 amide bonds. The molecule has 0 spiro atoms. The highest BCUT2D eigenvalue weighted by Crippen LogP contribution is 2.31. The summed E-state index contributed by atoms with van der Waals surface area (Å²) >= 11 is 0. The van der Waals surface area contributed by atoms with Gasteiger partial charge in [0.2, 0.25) is 5.91 Å². The molecule has 2 rings (SSSR count). The van der Waals surface area contributed by atoms with Crippen LogP contribution in [0.1, 0.15) is 43.4 Å². The molecule has 0 bridgehead atoms. The Bertz CT molecular complexity index is 475. The molecule has 19 heavy (non-hydrogen) atoms. The molecule has 4 heteroatoms. The Kier molecular flexibility index (Phi) is 4.20. The molecule has 1 fully saturated rings. The van der Waals surface area contributed by atoms with Crippen LogP contribution < -0.4 is 5.73 Å². The number of benzene rings is 1. The van der Waals surface area contributed by atoms with Crippen molar-refractivity contribution in [1.29, 1.82) is 0 Å². The van der Waals surface area contributed by atoms with Gasteiger partial charge in [-0.3, -0.25) is 4.79 Å². The first-order chi connectivity index (χ1) is 9.04. The van der Waals surface area contributed by atoms with Crippen molar-refractivity contribution in [2.24, 2.45) is 5.73 Å². The first-order valence-electron chi connectivity index (χ1n) is 6.85. The second-order valence-corrected chi connectivity index (χ2v) is 5.21. The van der Waals surface area contributed by atoms with Crippen molar-refractivity contribution in [3.8, 4) is 0 Å². The smallest absolute Gasteiger partial charge is 0.223 e. The first-order valence-corrected chi connectivity index (χ1v) is 6.85. The van der Waals surface area contributed by atoms with Gasteiger partial charge in [-0.25, -0.2) is 4.39 Å². The highest BCUT2D eigenvalue weighted by atomic mass is 19.1. The topological polar surface area (TPSA) is 46.3 Å². The fourth-order valence-electron chi connectivity index (χ4n) is 2.84. The second-order valence-electron chi connectivity index (χ2n) is 5.21. The lowest BCUT2D eigenvalue weighted by Crippen LogP contribution is -2.42. The number of carbonyl (C=O) groups is 1. The van der Waals surface area contributed by atoms with E-state index < -0.39 is 0 Å². The van der Waals surface area contributed by atoms with Crippen molar-refractivity contribution in [2.75, 3.05) is 6.54 Å². The summed E-state index contributed by atoms with van der Waals surface area (Å²) in [6.45, 7) is 4.39. The van der Waals surface area contributed by atoms with Gasteiger partial charge in [0.15, 0.2) is 0 Å². The van der Waals surface area contributed by atoms with Gasteiger partial charge in [0.05, 0.1) is 6.04 Å². The Labute approximate surface area is 113 Å².